The predicted octanol–water partition coefficient (Wildman–Crippen LogP) is 3.29. The Kier molecular flexibility index (Phi) is 5.63. The van der Waals surface area contributed by atoms with Crippen molar-refractivity contribution in [2.24, 2.45) is 0 Å². The largest absolute Gasteiger partial charge is 0.475 e. The molecule has 1 fully saturated rings. The Morgan fingerprint density at radius 1 is 1.00 bits per heavy atom. The molecule has 1 unspecified atom stereocenters. The van der Waals surface area contributed by atoms with Crippen LogP contribution in [0.25, 0.3) is 11.1 Å². The van der Waals surface area contributed by atoms with Crippen LogP contribution in [-0.4, -0.2) is 57.3 Å². The standard InChI is InChI=1S/C22H30N2O5/c23-20-8-2-1-6-18(20)19-7-5-10-24-22(19)29-17-15-26-13-12-25-14-16-28-21-9-3-4-11-27-21/h1-2,5-8,10,21H,3-4,9,11-17,23H2/i14D2,15D2,16D2,17D2. The molecule has 1 aliphatic heterocycles. The minimum Gasteiger partial charge on any atom is -0.475 e. The maximum absolute atomic E-state index is 8.14. The van der Waals surface area contributed by atoms with Gasteiger partial charge in [0, 0.05) is 29.6 Å². The van der Waals surface area contributed by atoms with Crippen molar-refractivity contribution in [2.75, 3.05) is 51.8 Å². The summed E-state index contributed by atoms with van der Waals surface area (Å²) >= 11 is 0. The molecule has 7 heteroatoms. The van der Waals surface area contributed by atoms with Crippen LogP contribution in [0.15, 0.2) is 42.6 Å². The second-order valence-electron chi connectivity index (χ2n) is 6.06. The van der Waals surface area contributed by atoms with E-state index < -0.39 is 45.7 Å². The van der Waals surface area contributed by atoms with E-state index in [1.807, 2.05) is 0 Å². The molecule has 1 aliphatic rings. The van der Waals surface area contributed by atoms with Crippen LogP contribution >= 0.6 is 0 Å². The zero-order valence-corrected chi connectivity index (χ0v) is 15.9. The summed E-state index contributed by atoms with van der Waals surface area (Å²) in [5.74, 6) is -0.208. The van der Waals surface area contributed by atoms with E-state index in [0.717, 1.165) is 12.8 Å². The quantitative estimate of drug-likeness (QED) is 0.424. The summed E-state index contributed by atoms with van der Waals surface area (Å²) in [5.41, 5.74) is 7.27. The van der Waals surface area contributed by atoms with Gasteiger partial charge in [0.15, 0.2) is 6.29 Å². The number of nitrogens with two attached hydrogens (primary N) is 1. The molecule has 1 atom stereocenters. The summed E-state index contributed by atoms with van der Waals surface area (Å²) < 4.78 is 89.6. The van der Waals surface area contributed by atoms with Crippen molar-refractivity contribution in [1.82, 2.24) is 4.98 Å². The van der Waals surface area contributed by atoms with Gasteiger partial charge in [0.1, 0.15) is 6.56 Å². The van der Waals surface area contributed by atoms with E-state index in [2.05, 4.69) is 4.98 Å². The summed E-state index contributed by atoms with van der Waals surface area (Å²) in [6.07, 6.45) is 2.44. The molecule has 1 aromatic heterocycles. The molecule has 2 N–H and O–H groups in total. The van der Waals surface area contributed by atoms with Gasteiger partial charge < -0.3 is 29.4 Å². The zero-order chi connectivity index (χ0) is 27.3. The Hall–Kier alpha value is -2.19. The third-order valence-electron chi connectivity index (χ3n) is 4.01. The number of ether oxygens (including phenoxy) is 5. The van der Waals surface area contributed by atoms with E-state index in [1.165, 1.54) is 6.20 Å². The fourth-order valence-electron chi connectivity index (χ4n) is 2.63. The number of nitrogens with zero attached hydrogens (tertiary/aromatic N) is 1. The molecule has 2 heterocycles. The van der Waals surface area contributed by atoms with Gasteiger partial charge in [0.05, 0.1) is 43.9 Å². The van der Waals surface area contributed by atoms with Gasteiger partial charge in [-0.2, -0.15) is 0 Å². The maximum atomic E-state index is 8.14. The summed E-state index contributed by atoms with van der Waals surface area (Å²) in [6, 6.07) is 10.0. The second-order valence-corrected chi connectivity index (χ2v) is 6.06. The lowest BCUT2D eigenvalue weighted by molar-refractivity contribution is -0.169. The number of hydrogen-bond acceptors (Lipinski definition) is 7. The summed E-state index contributed by atoms with van der Waals surface area (Å²) in [5, 5.41) is 0. The molecule has 0 saturated carbocycles. The highest BCUT2D eigenvalue weighted by molar-refractivity contribution is 5.79. The van der Waals surface area contributed by atoms with Gasteiger partial charge >= 0.3 is 0 Å². The second kappa shape index (κ2) is 12.4. The molecule has 3 rings (SSSR count). The van der Waals surface area contributed by atoms with E-state index in [-0.39, 0.29) is 5.88 Å². The summed E-state index contributed by atoms with van der Waals surface area (Å²) in [6.45, 7) is -12.7. The van der Waals surface area contributed by atoms with Gasteiger partial charge in [-0.25, -0.2) is 4.98 Å². The number of rotatable bonds is 12. The summed E-state index contributed by atoms with van der Waals surface area (Å²) in [7, 11) is 0. The molecule has 2 aromatic rings. The first-order valence-corrected chi connectivity index (χ1v) is 9.32. The first kappa shape index (κ1) is 13.2. The topological polar surface area (TPSA) is 85.1 Å². The fourth-order valence-corrected chi connectivity index (χ4v) is 2.63. The van der Waals surface area contributed by atoms with Gasteiger partial charge in [0.2, 0.25) is 5.88 Å². The Morgan fingerprint density at radius 2 is 1.79 bits per heavy atom. The Balaban J connectivity index is 1.59. The molecule has 7 nitrogen and oxygen atoms in total. The molecule has 0 bridgehead atoms. The van der Waals surface area contributed by atoms with E-state index in [0.29, 0.717) is 29.8 Å². The lowest BCUT2D eigenvalue weighted by Gasteiger charge is -2.22. The Morgan fingerprint density at radius 3 is 2.59 bits per heavy atom. The highest BCUT2D eigenvalue weighted by atomic mass is 16.7. The molecule has 29 heavy (non-hydrogen) atoms. The molecule has 0 aliphatic carbocycles. The average molecular weight is 411 g/mol. The highest BCUT2D eigenvalue weighted by Gasteiger charge is 2.13. The number of aromatic nitrogens is 1. The predicted molar refractivity (Wildman–Crippen MR) is 111 cm³/mol. The molecule has 0 spiro atoms. The average Bonchev–Trinajstić information content (AvgIpc) is 2.83. The highest BCUT2D eigenvalue weighted by Crippen LogP contribution is 2.31. The lowest BCUT2D eigenvalue weighted by atomic mass is 10.1. The van der Waals surface area contributed by atoms with Gasteiger partial charge in [-0.1, -0.05) is 18.2 Å². The SMILES string of the molecule is [2H]C([2H])(OCCOC([2H])([2H])C([2H])([2H])OC1CCCCO1)C([2H])([2H])Oc1ncccc1-c1ccccc1N. The minimum atomic E-state index is -3.03. The molecular weight excluding hydrogens is 372 g/mol. The van der Waals surface area contributed by atoms with Crippen molar-refractivity contribution in [1.29, 1.82) is 0 Å². The zero-order valence-electron chi connectivity index (χ0n) is 23.9. The van der Waals surface area contributed by atoms with Crippen molar-refractivity contribution in [3.63, 3.8) is 0 Å². The van der Waals surface area contributed by atoms with E-state index in [9.17, 15) is 0 Å². The fraction of sp³-hybridized carbons (Fsp3) is 0.500. The summed E-state index contributed by atoms with van der Waals surface area (Å²) in [4.78, 5) is 4.02. The first-order chi connectivity index (χ1) is 17.3. The van der Waals surface area contributed by atoms with Crippen LogP contribution in [0.5, 0.6) is 5.88 Å². The molecule has 1 saturated heterocycles. The molecule has 158 valence electrons. The first-order valence-electron chi connectivity index (χ1n) is 13.3. The Bertz CT molecular complexity index is 1040. The van der Waals surface area contributed by atoms with Crippen LogP contribution in [0.1, 0.15) is 30.2 Å². The molecule has 1 aromatic carbocycles. The smallest absolute Gasteiger partial charge is 0.221 e. The molecule has 0 amide bonds. The normalized spacial score (nSPS) is 22.7. The molecular formula is C22H30N2O5. The van der Waals surface area contributed by atoms with Gasteiger partial charge in [-0.15, -0.1) is 0 Å². The van der Waals surface area contributed by atoms with Crippen LogP contribution in [0.2, 0.25) is 0 Å². The third kappa shape index (κ3) is 7.29. The minimum absolute atomic E-state index is 0.208. The number of pyridine rings is 1. The van der Waals surface area contributed by atoms with Crippen LogP contribution in [0.3, 0.4) is 0 Å². The number of nitrogen functional groups attached to an aromatic ring is 1. The van der Waals surface area contributed by atoms with Crippen molar-refractivity contribution in [2.45, 2.75) is 25.6 Å². The van der Waals surface area contributed by atoms with E-state index in [4.69, 9.17) is 40.4 Å². The van der Waals surface area contributed by atoms with Crippen molar-refractivity contribution in [3.05, 3.63) is 42.6 Å². The van der Waals surface area contributed by atoms with E-state index >= 15 is 0 Å². The van der Waals surface area contributed by atoms with Crippen LogP contribution in [-0.2, 0) is 18.9 Å². The van der Waals surface area contributed by atoms with Gasteiger partial charge in [0.25, 0.3) is 0 Å². The van der Waals surface area contributed by atoms with Crippen LogP contribution in [0.4, 0.5) is 5.69 Å². The number of hydrogen-bond donors (Lipinski definition) is 1. The van der Waals surface area contributed by atoms with E-state index in [1.54, 1.807) is 36.4 Å². The third-order valence-corrected chi connectivity index (χ3v) is 4.01. The van der Waals surface area contributed by atoms with Gasteiger partial charge in [-0.3, -0.25) is 0 Å². The lowest BCUT2D eigenvalue weighted by Crippen LogP contribution is -2.24. The van der Waals surface area contributed by atoms with Crippen molar-refractivity contribution < 1.29 is 34.7 Å². The number of para-hydroxylation sites is 1. The monoisotopic (exact) mass is 410 g/mol. The van der Waals surface area contributed by atoms with Crippen molar-refractivity contribution in [3.8, 4) is 17.0 Å². The number of anilines is 1. The van der Waals surface area contributed by atoms with Crippen LogP contribution < -0.4 is 10.5 Å². The number of benzene rings is 1. The Labute approximate surface area is 183 Å². The maximum Gasteiger partial charge on any atom is 0.221 e. The molecule has 0 radical (unpaired) electrons. The van der Waals surface area contributed by atoms with Crippen LogP contribution in [0, 0.1) is 0 Å². The van der Waals surface area contributed by atoms with Gasteiger partial charge in [-0.05, 0) is 37.5 Å². The van der Waals surface area contributed by atoms with Crippen molar-refractivity contribution >= 4 is 5.69 Å².